The van der Waals surface area contributed by atoms with Crippen molar-refractivity contribution in [2.75, 3.05) is 0 Å². The van der Waals surface area contributed by atoms with Crippen molar-refractivity contribution in [3.63, 3.8) is 0 Å². The average Bonchev–Trinajstić information content (AvgIpc) is 2.88. The van der Waals surface area contributed by atoms with Gasteiger partial charge in [0.15, 0.2) is 5.78 Å². The smallest absolute Gasteiger partial charge is 0.193 e. The van der Waals surface area contributed by atoms with E-state index in [9.17, 15) is 4.79 Å². The second kappa shape index (κ2) is 6.72. The molecule has 1 aliphatic rings. The molecule has 26 heavy (non-hydrogen) atoms. The lowest BCUT2D eigenvalue weighted by Crippen LogP contribution is -2.14. The minimum absolute atomic E-state index is 0.00737. The van der Waals surface area contributed by atoms with Gasteiger partial charge >= 0.3 is 0 Å². The third-order valence-electron chi connectivity index (χ3n) is 5.59. The van der Waals surface area contributed by atoms with Gasteiger partial charge < -0.3 is 0 Å². The van der Waals surface area contributed by atoms with Crippen molar-refractivity contribution in [1.29, 1.82) is 0 Å². The van der Waals surface area contributed by atoms with E-state index in [4.69, 9.17) is 0 Å². The second-order valence-corrected chi connectivity index (χ2v) is 8.39. The highest BCUT2D eigenvalue weighted by Gasteiger charge is 2.24. The van der Waals surface area contributed by atoms with Crippen molar-refractivity contribution in [3.05, 3.63) is 87.5 Å². The topological polar surface area (TPSA) is 17.1 Å². The number of hydrogen-bond donors (Lipinski definition) is 0. The molecule has 0 bridgehead atoms. The molecule has 0 heterocycles. The Balaban J connectivity index is 2.19. The lowest BCUT2D eigenvalue weighted by molar-refractivity contribution is 0.103. The van der Waals surface area contributed by atoms with Gasteiger partial charge in [-0.2, -0.15) is 0 Å². The number of rotatable bonds is 3. The first kappa shape index (κ1) is 18.4. The Morgan fingerprint density at radius 3 is 2.08 bits per heavy atom. The van der Waals surface area contributed by atoms with E-state index in [2.05, 4.69) is 59.7 Å². The molecule has 3 rings (SSSR count). The van der Waals surface area contributed by atoms with E-state index in [1.807, 2.05) is 30.3 Å². The van der Waals surface area contributed by atoms with Crippen LogP contribution in [0.1, 0.15) is 75.0 Å². The van der Waals surface area contributed by atoms with Crippen LogP contribution in [0.5, 0.6) is 0 Å². The van der Waals surface area contributed by atoms with Gasteiger partial charge in [0.2, 0.25) is 0 Å². The predicted molar refractivity (Wildman–Crippen MR) is 111 cm³/mol. The van der Waals surface area contributed by atoms with Crippen molar-refractivity contribution in [1.82, 2.24) is 0 Å². The molecule has 0 radical (unpaired) electrons. The van der Waals surface area contributed by atoms with Crippen LogP contribution in [0.3, 0.4) is 0 Å². The van der Waals surface area contributed by atoms with Gasteiger partial charge in [-0.1, -0.05) is 68.8 Å². The highest BCUT2D eigenvalue weighted by molar-refractivity contribution is 6.12. The van der Waals surface area contributed by atoms with Crippen LogP contribution >= 0.6 is 0 Å². The molecule has 0 aliphatic heterocycles. The van der Waals surface area contributed by atoms with E-state index in [0.717, 1.165) is 23.1 Å². The van der Waals surface area contributed by atoms with Crippen molar-refractivity contribution in [3.8, 4) is 0 Å². The minimum Gasteiger partial charge on any atom is -0.289 e. The van der Waals surface area contributed by atoms with Gasteiger partial charge in [0.05, 0.1) is 0 Å². The minimum atomic E-state index is 0.00737. The normalized spacial score (nSPS) is 15.0. The summed E-state index contributed by atoms with van der Waals surface area (Å²) in [6.07, 6.45) is 0.932. The standard InChI is InChI=1S/C25H28O/c1-16-14-22(18(3)17(16)2)21-13-12-20(25(4,5)6)15-23(21)24(26)19-10-8-7-9-11-19/h7-13,15H,14H2,1-6H3. The molecule has 134 valence electrons. The molecule has 0 unspecified atom stereocenters. The molecule has 0 amide bonds. The Hall–Kier alpha value is -2.41. The van der Waals surface area contributed by atoms with Crippen molar-refractivity contribution >= 4 is 11.4 Å². The van der Waals surface area contributed by atoms with Crippen LogP contribution in [0, 0.1) is 0 Å². The van der Waals surface area contributed by atoms with Crippen LogP contribution in [0.25, 0.3) is 5.57 Å². The zero-order chi connectivity index (χ0) is 19.1. The van der Waals surface area contributed by atoms with Gasteiger partial charge in [-0.3, -0.25) is 4.79 Å². The number of allylic oxidation sites excluding steroid dienone is 4. The third-order valence-corrected chi connectivity index (χ3v) is 5.59. The summed E-state index contributed by atoms with van der Waals surface area (Å²) in [4.78, 5) is 13.3. The van der Waals surface area contributed by atoms with E-state index < -0.39 is 0 Å². The monoisotopic (exact) mass is 344 g/mol. The lowest BCUT2D eigenvalue weighted by Gasteiger charge is -2.22. The summed E-state index contributed by atoms with van der Waals surface area (Å²) in [6, 6.07) is 16.0. The van der Waals surface area contributed by atoms with E-state index in [-0.39, 0.29) is 11.2 Å². The molecule has 0 N–H and O–H groups in total. The van der Waals surface area contributed by atoms with Gasteiger partial charge in [-0.25, -0.2) is 0 Å². The summed E-state index contributed by atoms with van der Waals surface area (Å²) >= 11 is 0. The Bertz CT molecular complexity index is 918. The van der Waals surface area contributed by atoms with Crippen LogP contribution in [0.15, 0.2) is 65.3 Å². The largest absolute Gasteiger partial charge is 0.289 e. The maximum absolute atomic E-state index is 13.3. The van der Waals surface area contributed by atoms with Crippen molar-refractivity contribution in [2.45, 2.75) is 53.4 Å². The summed E-state index contributed by atoms with van der Waals surface area (Å²) in [5.74, 6) is 0.106. The van der Waals surface area contributed by atoms with E-state index in [0.29, 0.717) is 0 Å². The van der Waals surface area contributed by atoms with Gasteiger partial charge in [-0.05, 0) is 66.5 Å². The zero-order valence-corrected chi connectivity index (χ0v) is 16.7. The number of carbonyl (C=O) groups excluding carboxylic acids is 1. The summed E-state index contributed by atoms with van der Waals surface area (Å²) < 4.78 is 0. The molecule has 0 fully saturated rings. The molecule has 0 aromatic heterocycles. The fourth-order valence-corrected chi connectivity index (χ4v) is 3.58. The van der Waals surface area contributed by atoms with Crippen LogP contribution in [-0.4, -0.2) is 5.78 Å². The lowest BCUT2D eigenvalue weighted by atomic mass is 9.82. The Morgan fingerprint density at radius 2 is 1.54 bits per heavy atom. The van der Waals surface area contributed by atoms with Crippen LogP contribution in [0.4, 0.5) is 0 Å². The molecule has 1 aliphatic carbocycles. The van der Waals surface area contributed by atoms with Crippen LogP contribution in [0.2, 0.25) is 0 Å². The van der Waals surface area contributed by atoms with Gasteiger partial charge in [0.25, 0.3) is 0 Å². The summed E-state index contributed by atoms with van der Waals surface area (Å²) in [7, 11) is 0. The van der Waals surface area contributed by atoms with E-state index in [1.165, 1.54) is 27.9 Å². The molecule has 0 atom stereocenters. The highest BCUT2D eigenvalue weighted by Crippen LogP contribution is 2.40. The molecular weight excluding hydrogens is 316 g/mol. The number of ketones is 1. The fraction of sp³-hybridized carbons (Fsp3) is 0.320. The summed E-state index contributed by atoms with van der Waals surface area (Å²) in [6.45, 7) is 13.1. The fourth-order valence-electron chi connectivity index (χ4n) is 3.58. The van der Waals surface area contributed by atoms with Crippen LogP contribution < -0.4 is 0 Å². The highest BCUT2D eigenvalue weighted by atomic mass is 16.1. The van der Waals surface area contributed by atoms with E-state index >= 15 is 0 Å². The second-order valence-electron chi connectivity index (χ2n) is 8.39. The zero-order valence-electron chi connectivity index (χ0n) is 16.7. The van der Waals surface area contributed by atoms with Gasteiger partial charge in [0.1, 0.15) is 0 Å². The van der Waals surface area contributed by atoms with Crippen LogP contribution in [-0.2, 0) is 5.41 Å². The first-order valence-electron chi connectivity index (χ1n) is 9.31. The van der Waals surface area contributed by atoms with E-state index in [1.54, 1.807) is 0 Å². The molecule has 1 heteroatoms. The molecule has 1 nitrogen and oxygen atoms in total. The Morgan fingerprint density at radius 1 is 0.885 bits per heavy atom. The van der Waals surface area contributed by atoms with Gasteiger partial charge in [-0.15, -0.1) is 0 Å². The molecule has 2 aromatic rings. The number of carbonyl (C=O) groups is 1. The maximum Gasteiger partial charge on any atom is 0.193 e. The summed E-state index contributed by atoms with van der Waals surface area (Å²) in [5, 5.41) is 0. The number of hydrogen-bond acceptors (Lipinski definition) is 1. The van der Waals surface area contributed by atoms with Gasteiger partial charge in [0, 0.05) is 11.1 Å². The first-order valence-corrected chi connectivity index (χ1v) is 9.31. The molecule has 0 spiro atoms. The molecule has 2 aromatic carbocycles. The van der Waals surface area contributed by atoms with Crippen molar-refractivity contribution < 1.29 is 4.79 Å². The average molecular weight is 344 g/mol. The number of benzene rings is 2. The summed E-state index contributed by atoms with van der Waals surface area (Å²) in [5.41, 5.74) is 9.21. The SMILES string of the molecule is CC1=C(C)C(C)=C(c2ccc(C(C)(C)C)cc2C(=O)c2ccccc2)C1. The molecular formula is C25H28O. The Kier molecular flexibility index (Phi) is 4.75. The first-order chi connectivity index (χ1) is 12.2. The Labute approximate surface area is 157 Å². The van der Waals surface area contributed by atoms with Crippen molar-refractivity contribution in [2.24, 2.45) is 0 Å². The maximum atomic E-state index is 13.3. The third kappa shape index (κ3) is 3.31. The predicted octanol–water partition coefficient (Wildman–Crippen LogP) is 6.73. The molecule has 0 saturated heterocycles. The quantitative estimate of drug-likeness (QED) is 0.564. The molecule has 0 saturated carbocycles.